The highest BCUT2D eigenvalue weighted by atomic mass is 35.5. The lowest BCUT2D eigenvalue weighted by Crippen LogP contribution is -2.20. The number of carbonyl (C=O) groups excluding carboxylic acids is 1. The summed E-state index contributed by atoms with van der Waals surface area (Å²) in [4.78, 5) is 10.6. The van der Waals surface area contributed by atoms with Gasteiger partial charge in [-0.15, -0.1) is 0 Å². The Hall–Kier alpha value is -1.53. The van der Waals surface area contributed by atoms with E-state index in [0.29, 0.717) is 29.1 Å². The molecule has 1 N–H and O–H groups in total. The summed E-state index contributed by atoms with van der Waals surface area (Å²) in [6.07, 6.45) is 0.505. The molecule has 0 unspecified atom stereocenters. The van der Waals surface area contributed by atoms with Crippen LogP contribution < -0.4 is 5.32 Å². The van der Waals surface area contributed by atoms with Crippen LogP contribution in [0.3, 0.4) is 0 Å². The van der Waals surface area contributed by atoms with Crippen LogP contribution in [0.1, 0.15) is 24.5 Å². The summed E-state index contributed by atoms with van der Waals surface area (Å²) < 4.78 is 13.3. The number of amides is 1. The second kappa shape index (κ2) is 6.27. The summed E-state index contributed by atoms with van der Waals surface area (Å²) in [5.74, 6) is 5.20. The van der Waals surface area contributed by atoms with Crippen molar-refractivity contribution in [3.63, 3.8) is 0 Å². The van der Waals surface area contributed by atoms with Crippen LogP contribution in [0, 0.1) is 24.6 Å². The van der Waals surface area contributed by atoms with Crippen LogP contribution >= 0.6 is 11.6 Å². The number of nitrogens with one attached hydrogen (secondary N) is 1. The van der Waals surface area contributed by atoms with Crippen molar-refractivity contribution in [1.29, 1.82) is 0 Å². The van der Waals surface area contributed by atoms with E-state index in [1.54, 1.807) is 13.0 Å². The van der Waals surface area contributed by atoms with Crippen molar-refractivity contribution in [3.8, 4) is 11.8 Å². The monoisotopic (exact) mass is 253 g/mol. The van der Waals surface area contributed by atoms with Crippen molar-refractivity contribution in [2.75, 3.05) is 6.54 Å². The molecule has 0 radical (unpaired) electrons. The molecule has 0 fully saturated rings. The van der Waals surface area contributed by atoms with E-state index in [2.05, 4.69) is 17.2 Å². The molecule has 0 aromatic heterocycles. The zero-order valence-corrected chi connectivity index (χ0v) is 10.5. The molecule has 2 nitrogen and oxygen atoms in total. The molecule has 1 rings (SSSR count). The number of hydrogen-bond donors (Lipinski definition) is 1. The number of carbonyl (C=O) groups is 1. The fraction of sp³-hybridized carbons (Fsp3) is 0.308. The lowest BCUT2D eigenvalue weighted by molar-refractivity contribution is -0.118. The van der Waals surface area contributed by atoms with Gasteiger partial charge in [0.25, 0.3) is 0 Å². The van der Waals surface area contributed by atoms with E-state index in [4.69, 9.17) is 11.6 Å². The quantitative estimate of drug-likeness (QED) is 0.637. The van der Waals surface area contributed by atoms with Crippen LogP contribution in [0.4, 0.5) is 4.39 Å². The van der Waals surface area contributed by atoms with Crippen molar-refractivity contribution >= 4 is 17.5 Å². The number of rotatable bonds is 2. The predicted octanol–water partition coefficient (Wildman–Crippen LogP) is 2.67. The summed E-state index contributed by atoms with van der Waals surface area (Å²) in [6, 6.07) is 2.87. The molecular weight excluding hydrogens is 241 g/mol. The zero-order valence-electron chi connectivity index (χ0n) is 9.73. The molecule has 0 bridgehead atoms. The molecule has 4 heteroatoms. The molecule has 17 heavy (non-hydrogen) atoms. The Balaban J connectivity index is 2.66. The zero-order chi connectivity index (χ0) is 12.8. The lowest BCUT2D eigenvalue weighted by atomic mass is 10.1. The largest absolute Gasteiger partial charge is 0.355 e. The molecule has 0 aliphatic rings. The maximum Gasteiger partial charge on any atom is 0.216 e. The van der Waals surface area contributed by atoms with Gasteiger partial charge in [-0.1, -0.05) is 23.4 Å². The molecule has 1 aromatic rings. The van der Waals surface area contributed by atoms with Crippen molar-refractivity contribution in [2.24, 2.45) is 0 Å². The first kappa shape index (κ1) is 13.5. The smallest absolute Gasteiger partial charge is 0.216 e. The van der Waals surface area contributed by atoms with Crippen LogP contribution in [-0.2, 0) is 4.79 Å². The van der Waals surface area contributed by atoms with E-state index < -0.39 is 0 Å². The Labute approximate surface area is 105 Å². The number of halogens is 2. The Morgan fingerprint density at radius 1 is 1.53 bits per heavy atom. The number of hydrogen-bond acceptors (Lipinski definition) is 1. The minimum absolute atomic E-state index is 0.0915. The van der Waals surface area contributed by atoms with Crippen molar-refractivity contribution in [1.82, 2.24) is 5.32 Å². The average molecular weight is 254 g/mol. The van der Waals surface area contributed by atoms with Crippen LogP contribution in [0.15, 0.2) is 12.1 Å². The van der Waals surface area contributed by atoms with Gasteiger partial charge in [-0.2, -0.15) is 0 Å². The summed E-state index contributed by atoms with van der Waals surface area (Å²) in [5.41, 5.74) is 0.969. The van der Waals surface area contributed by atoms with Crippen molar-refractivity contribution in [3.05, 3.63) is 34.1 Å². The Morgan fingerprint density at radius 3 is 2.88 bits per heavy atom. The van der Waals surface area contributed by atoms with Gasteiger partial charge in [0.05, 0.1) is 5.02 Å². The molecule has 0 saturated carbocycles. The maximum absolute atomic E-state index is 13.3. The molecule has 0 saturated heterocycles. The highest BCUT2D eigenvalue weighted by Crippen LogP contribution is 2.19. The van der Waals surface area contributed by atoms with E-state index >= 15 is 0 Å². The van der Waals surface area contributed by atoms with Gasteiger partial charge in [-0.25, -0.2) is 4.39 Å². The van der Waals surface area contributed by atoms with Gasteiger partial charge in [0.2, 0.25) is 5.91 Å². The van der Waals surface area contributed by atoms with Gasteiger partial charge < -0.3 is 5.32 Å². The minimum Gasteiger partial charge on any atom is -0.355 e. The van der Waals surface area contributed by atoms with Crippen LogP contribution in [0.25, 0.3) is 0 Å². The fourth-order valence-electron chi connectivity index (χ4n) is 1.20. The molecule has 1 aromatic carbocycles. The van der Waals surface area contributed by atoms with Gasteiger partial charge in [-0.05, 0) is 24.6 Å². The second-order valence-corrected chi connectivity index (χ2v) is 4.02. The van der Waals surface area contributed by atoms with Gasteiger partial charge in [0.1, 0.15) is 5.82 Å². The van der Waals surface area contributed by atoms with E-state index in [0.717, 1.165) is 0 Å². The second-order valence-electron chi connectivity index (χ2n) is 3.62. The van der Waals surface area contributed by atoms with Crippen molar-refractivity contribution in [2.45, 2.75) is 20.3 Å². The van der Waals surface area contributed by atoms with Crippen LogP contribution in [-0.4, -0.2) is 12.5 Å². The Kier molecular flexibility index (Phi) is 4.99. The molecule has 90 valence electrons. The van der Waals surface area contributed by atoms with E-state index in [1.165, 1.54) is 13.0 Å². The standard InChI is InChI=1S/C13H13ClFNO/c1-9-7-12(14)11(8-13(9)15)5-3-4-6-16-10(2)17/h7-8H,4,6H2,1-2H3,(H,16,17). The summed E-state index contributed by atoms with van der Waals surface area (Å²) >= 11 is 5.93. The van der Waals surface area contributed by atoms with Gasteiger partial charge in [-0.3, -0.25) is 4.79 Å². The molecule has 0 atom stereocenters. The molecule has 0 spiro atoms. The lowest BCUT2D eigenvalue weighted by Gasteiger charge is -2.00. The fourth-order valence-corrected chi connectivity index (χ4v) is 1.47. The van der Waals surface area contributed by atoms with Crippen LogP contribution in [0.2, 0.25) is 5.02 Å². The predicted molar refractivity (Wildman–Crippen MR) is 66.3 cm³/mol. The summed E-state index contributed by atoms with van der Waals surface area (Å²) in [5, 5.41) is 3.06. The highest BCUT2D eigenvalue weighted by Gasteiger charge is 2.02. The van der Waals surface area contributed by atoms with E-state index in [9.17, 15) is 9.18 Å². The first-order valence-corrected chi connectivity index (χ1v) is 5.57. The van der Waals surface area contributed by atoms with E-state index in [1.807, 2.05) is 0 Å². The highest BCUT2D eigenvalue weighted by molar-refractivity contribution is 6.31. The van der Waals surface area contributed by atoms with Crippen LogP contribution in [0.5, 0.6) is 0 Å². The molecule has 0 aliphatic heterocycles. The molecule has 0 heterocycles. The van der Waals surface area contributed by atoms with Gasteiger partial charge in [0, 0.05) is 25.5 Å². The topological polar surface area (TPSA) is 29.1 Å². The van der Waals surface area contributed by atoms with Crippen molar-refractivity contribution < 1.29 is 9.18 Å². The third-order valence-corrected chi connectivity index (χ3v) is 2.41. The molecule has 1 amide bonds. The molecular formula is C13H13ClFNO. The first-order chi connectivity index (χ1) is 8.00. The summed E-state index contributed by atoms with van der Waals surface area (Å²) in [7, 11) is 0. The first-order valence-electron chi connectivity index (χ1n) is 5.19. The minimum atomic E-state index is -0.319. The Bertz CT molecular complexity index is 488. The third kappa shape index (κ3) is 4.46. The average Bonchev–Trinajstić information content (AvgIpc) is 2.24. The Morgan fingerprint density at radius 2 is 2.24 bits per heavy atom. The maximum atomic E-state index is 13.3. The normalized spacial score (nSPS) is 9.41. The van der Waals surface area contributed by atoms with Gasteiger partial charge in [0.15, 0.2) is 0 Å². The van der Waals surface area contributed by atoms with E-state index in [-0.39, 0.29) is 11.7 Å². The third-order valence-electron chi connectivity index (χ3n) is 2.10. The SMILES string of the molecule is CC(=O)NCCC#Cc1cc(F)c(C)cc1Cl. The van der Waals surface area contributed by atoms with Gasteiger partial charge >= 0.3 is 0 Å². The molecule has 0 aliphatic carbocycles. The summed E-state index contributed by atoms with van der Waals surface area (Å²) in [6.45, 7) is 3.57. The number of aryl methyl sites for hydroxylation is 1. The number of benzene rings is 1.